The normalized spacial score (nSPS) is 17.5. The Morgan fingerprint density at radius 2 is 1.67 bits per heavy atom. The smallest absolute Gasteiger partial charge is 0.300 e. The summed E-state index contributed by atoms with van der Waals surface area (Å²) < 4.78 is 33.3. The van der Waals surface area contributed by atoms with Gasteiger partial charge in [-0.1, -0.05) is 51.1 Å². The van der Waals surface area contributed by atoms with Crippen LogP contribution in [0.5, 0.6) is 5.75 Å². The summed E-state index contributed by atoms with van der Waals surface area (Å²) in [4.78, 5) is 27.8. The highest BCUT2D eigenvalue weighted by Crippen LogP contribution is 2.44. The Labute approximate surface area is 208 Å². The van der Waals surface area contributed by atoms with Gasteiger partial charge in [0.2, 0.25) is 0 Å². The molecular formula is C29H27F2NO4. The van der Waals surface area contributed by atoms with Crippen LogP contribution in [0.4, 0.5) is 14.5 Å². The molecule has 4 rings (SSSR count). The van der Waals surface area contributed by atoms with E-state index in [9.17, 15) is 23.5 Å². The van der Waals surface area contributed by atoms with Crippen LogP contribution in [0.2, 0.25) is 0 Å². The lowest BCUT2D eigenvalue weighted by Crippen LogP contribution is -2.30. The van der Waals surface area contributed by atoms with Gasteiger partial charge in [-0.3, -0.25) is 14.5 Å². The summed E-state index contributed by atoms with van der Waals surface area (Å²) in [6.07, 6.45) is 0. The van der Waals surface area contributed by atoms with Crippen molar-refractivity contribution in [1.29, 1.82) is 0 Å². The summed E-state index contributed by atoms with van der Waals surface area (Å²) >= 11 is 0. The maximum absolute atomic E-state index is 14.2. The molecule has 1 amide bonds. The van der Waals surface area contributed by atoms with Crippen LogP contribution in [0, 0.1) is 18.6 Å². The Bertz CT molecular complexity index is 1400. The number of hydrogen-bond acceptors (Lipinski definition) is 4. The summed E-state index contributed by atoms with van der Waals surface area (Å²) in [6.45, 7) is 7.83. The van der Waals surface area contributed by atoms with E-state index in [2.05, 4.69) is 0 Å². The van der Waals surface area contributed by atoms with Gasteiger partial charge in [0.05, 0.1) is 24.3 Å². The van der Waals surface area contributed by atoms with E-state index >= 15 is 0 Å². The first kappa shape index (κ1) is 25.1. The minimum atomic E-state index is -1.16. The number of aliphatic hydroxyl groups excluding tert-OH is 1. The molecule has 36 heavy (non-hydrogen) atoms. The van der Waals surface area contributed by atoms with Gasteiger partial charge in [-0.25, -0.2) is 8.78 Å². The number of Topliss-reactive ketones (excluding diaryl/α,β-unsaturated/α-hetero) is 1. The Hall–Kier alpha value is -4.00. The van der Waals surface area contributed by atoms with Crippen molar-refractivity contribution in [2.75, 3.05) is 12.0 Å². The number of ether oxygens (including phenoxy) is 1. The van der Waals surface area contributed by atoms with Gasteiger partial charge in [0.25, 0.3) is 11.7 Å². The molecule has 0 bridgehead atoms. The lowest BCUT2D eigenvalue weighted by atomic mass is 9.85. The van der Waals surface area contributed by atoms with Gasteiger partial charge in [0, 0.05) is 11.8 Å². The molecule has 0 saturated carbocycles. The lowest BCUT2D eigenvalue weighted by molar-refractivity contribution is -0.132. The van der Waals surface area contributed by atoms with Crippen LogP contribution in [0.3, 0.4) is 0 Å². The van der Waals surface area contributed by atoms with E-state index < -0.39 is 35.1 Å². The third-order valence-electron chi connectivity index (χ3n) is 6.43. The SMILES string of the molecule is COc1ccc(C(C)(C)C)cc1/C(O)=C1\C(=O)C(=O)N(c2ccc(F)c(F)c2)C1c1ccccc1C. The second-order valence-electron chi connectivity index (χ2n) is 9.79. The maximum atomic E-state index is 14.2. The van der Waals surface area contributed by atoms with Crippen LogP contribution >= 0.6 is 0 Å². The van der Waals surface area contributed by atoms with Crippen LogP contribution < -0.4 is 9.64 Å². The first-order valence-corrected chi connectivity index (χ1v) is 11.5. The number of benzene rings is 3. The molecule has 1 aliphatic rings. The van der Waals surface area contributed by atoms with Crippen LogP contribution in [0.25, 0.3) is 5.76 Å². The van der Waals surface area contributed by atoms with Crippen LogP contribution in [0.15, 0.2) is 66.2 Å². The van der Waals surface area contributed by atoms with E-state index in [0.29, 0.717) is 11.3 Å². The topological polar surface area (TPSA) is 66.8 Å². The molecule has 0 aliphatic carbocycles. The first-order chi connectivity index (χ1) is 17.0. The van der Waals surface area contributed by atoms with Crippen LogP contribution in [-0.4, -0.2) is 23.9 Å². The van der Waals surface area contributed by atoms with Crippen LogP contribution in [0.1, 0.15) is 49.1 Å². The highest BCUT2D eigenvalue weighted by molar-refractivity contribution is 6.51. The molecule has 1 aliphatic heterocycles. The summed E-state index contributed by atoms with van der Waals surface area (Å²) in [6, 6.07) is 14.3. The monoisotopic (exact) mass is 491 g/mol. The average molecular weight is 492 g/mol. The molecule has 3 aromatic rings. The molecule has 1 saturated heterocycles. The van der Waals surface area contributed by atoms with E-state index in [1.807, 2.05) is 39.8 Å². The summed E-state index contributed by atoms with van der Waals surface area (Å²) in [7, 11) is 1.45. The number of aliphatic hydroxyl groups is 1. The molecule has 1 unspecified atom stereocenters. The van der Waals surface area contributed by atoms with Crippen molar-refractivity contribution < 1.29 is 28.2 Å². The van der Waals surface area contributed by atoms with E-state index in [4.69, 9.17) is 4.74 Å². The van der Waals surface area contributed by atoms with Crippen molar-refractivity contribution in [1.82, 2.24) is 0 Å². The molecule has 5 nitrogen and oxygen atoms in total. The van der Waals surface area contributed by atoms with Crippen molar-refractivity contribution >= 4 is 23.1 Å². The quantitative estimate of drug-likeness (QED) is 0.268. The molecule has 0 radical (unpaired) electrons. The Morgan fingerprint density at radius 1 is 0.972 bits per heavy atom. The summed E-state index contributed by atoms with van der Waals surface area (Å²) in [5.41, 5.74) is 2.02. The van der Waals surface area contributed by atoms with Crippen LogP contribution in [-0.2, 0) is 15.0 Å². The van der Waals surface area contributed by atoms with Gasteiger partial charge in [-0.05, 0) is 53.3 Å². The van der Waals surface area contributed by atoms with Gasteiger partial charge in [-0.2, -0.15) is 0 Å². The highest BCUT2D eigenvalue weighted by atomic mass is 19.2. The number of hydrogen-bond donors (Lipinski definition) is 1. The molecule has 3 aromatic carbocycles. The number of halogens is 2. The number of carbonyl (C=O) groups excluding carboxylic acids is 2. The fourth-order valence-electron chi connectivity index (χ4n) is 4.43. The fourth-order valence-corrected chi connectivity index (χ4v) is 4.43. The third kappa shape index (κ3) is 4.26. The molecule has 1 atom stereocenters. The van der Waals surface area contributed by atoms with Gasteiger partial charge >= 0.3 is 0 Å². The maximum Gasteiger partial charge on any atom is 0.300 e. The molecule has 0 spiro atoms. The Kier molecular flexibility index (Phi) is 6.43. The number of amides is 1. The predicted octanol–water partition coefficient (Wildman–Crippen LogP) is 6.21. The number of ketones is 1. The van der Waals surface area contributed by atoms with E-state index in [1.54, 1.807) is 30.3 Å². The van der Waals surface area contributed by atoms with Crippen molar-refractivity contribution in [3.05, 3.63) is 100 Å². The van der Waals surface area contributed by atoms with Crippen molar-refractivity contribution in [2.45, 2.75) is 39.2 Å². The molecule has 0 aromatic heterocycles. The predicted molar refractivity (Wildman–Crippen MR) is 134 cm³/mol. The van der Waals surface area contributed by atoms with Crippen molar-refractivity contribution in [3.63, 3.8) is 0 Å². The molecule has 7 heteroatoms. The number of nitrogens with zero attached hydrogens (tertiary/aromatic N) is 1. The second-order valence-corrected chi connectivity index (χ2v) is 9.79. The zero-order valence-electron chi connectivity index (χ0n) is 20.7. The number of anilines is 1. The summed E-state index contributed by atoms with van der Waals surface area (Å²) in [5.74, 6) is -4.21. The lowest BCUT2D eigenvalue weighted by Gasteiger charge is -2.27. The van der Waals surface area contributed by atoms with E-state index in [1.165, 1.54) is 13.2 Å². The van der Waals surface area contributed by atoms with Crippen molar-refractivity contribution in [3.8, 4) is 5.75 Å². The molecule has 186 valence electrons. The number of aryl methyl sites for hydroxylation is 1. The molecule has 1 N–H and O–H groups in total. The zero-order chi connectivity index (χ0) is 26.4. The average Bonchev–Trinajstić information content (AvgIpc) is 3.10. The van der Waals surface area contributed by atoms with Crippen molar-refractivity contribution in [2.24, 2.45) is 0 Å². The van der Waals surface area contributed by atoms with E-state index in [0.717, 1.165) is 28.2 Å². The van der Waals surface area contributed by atoms with Gasteiger partial charge in [-0.15, -0.1) is 0 Å². The fraction of sp³-hybridized carbons (Fsp3) is 0.241. The first-order valence-electron chi connectivity index (χ1n) is 11.5. The Balaban J connectivity index is 2.03. The number of methoxy groups -OCH3 is 1. The minimum absolute atomic E-state index is 0.00119. The minimum Gasteiger partial charge on any atom is -0.507 e. The highest BCUT2D eigenvalue weighted by Gasteiger charge is 2.47. The van der Waals surface area contributed by atoms with Gasteiger partial charge in [0.15, 0.2) is 11.6 Å². The molecule has 1 fully saturated rings. The second kappa shape index (κ2) is 9.22. The molecular weight excluding hydrogens is 464 g/mol. The third-order valence-corrected chi connectivity index (χ3v) is 6.43. The Morgan fingerprint density at radius 3 is 2.28 bits per heavy atom. The summed E-state index contributed by atoms with van der Waals surface area (Å²) in [5, 5.41) is 11.6. The standard InChI is InChI=1S/C29H27F2NO4/c1-16-8-6-7-9-19(16)25-24(26(33)20-14-17(29(2,3)4)10-13-23(20)36-5)27(34)28(35)32(25)18-11-12-21(30)22(31)15-18/h6-15,25,33H,1-5H3/b26-24+. The van der Waals surface area contributed by atoms with E-state index in [-0.39, 0.29) is 22.2 Å². The van der Waals surface area contributed by atoms with Gasteiger partial charge in [0.1, 0.15) is 11.5 Å². The molecule has 1 heterocycles. The number of carbonyl (C=O) groups is 2. The number of rotatable bonds is 4. The zero-order valence-corrected chi connectivity index (χ0v) is 20.7. The largest absolute Gasteiger partial charge is 0.507 e. The van der Waals surface area contributed by atoms with Gasteiger partial charge < -0.3 is 9.84 Å².